The Morgan fingerprint density at radius 2 is 0.846 bits per heavy atom. The van der Waals surface area contributed by atoms with E-state index < -0.39 is 382 Å². The first kappa shape index (κ1) is 20.9. The zero-order chi connectivity index (χ0) is 87.4. The van der Waals surface area contributed by atoms with E-state index >= 15 is 0 Å². The van der Waals surface area contributed by atoms with Crippen LogP contribution in [0.4, 0.5) is 68.2 Å². The number of benzene rings is 11. The molecule has 0 aliphatic carbocycles. The lowest BCUT2D eigenvalue weighted by Gasteiger charge is -2.47. The summed E-state index contributed by atoms with van der Waals surface area (Å²) in [4.78, 5) is 2.08. The van der Waals surface area contributed by atoms with E-state index in [1.807, 2.05) is 0 Å². The van der Waals surface area contributed by atoms with Crippen LogP contribution in [0.2, 0.25) is 0 Å². The molecule has 0 bridgehead atoms. The Morgan fingerprint density at radius 1 is 0.359 bits per heavy atom. The van der Waals surface area contributed by atoms with Crippen molar-refractivity contribution in [3.63, 3.8) is 0 Å². The molecule has 3 aliphatic rings. The third-order valence-electron chi connectivity index (χ3n) is 13.6. The highest BCUT2D eigenvalue weighted by Crippen LogP contribution is 2.55. The van der Waals surface area contributed by atoms with E-state index in [4.69, 9.17) is 6.85 Å². The summed E-state index contributed by atoms with van der Waals surface area (Å²) in [6.07, 6.45) is 0. The molecular formula is C72H58BN5. The summed E-state index contributed by atoms with van der Waals surface area (Å²) in [6.45, 7) is 6.69. The highest BCUT2D eigenvalue weighted by atomic mass is 15.2. The highest BCUT2D eigenvalue weighted by Gasteiger charge is 2.47. The molecule has 0 fully saturated rings. The number of hydrogen-bond acceptors (Lipinski definition) is 4. The molecule has 0 saturated heterocycles. The molecule has 5 nitrogen and oxygen atoms in total. The van der Waals surface area contributed by atoms with E-state index in [1.54, 1.807) is 0 Å². The van der Waals surface area contributed by atoms with E-state index in [0.717, 1.165) is 9.47 Å². The minimum Gasteiger partial charge on any atom is -0.311 e. The minimum absolute atomic E-state index is 0.268. The molecule has 15 rings (SSSR count). The largest absolute Gasteiger partial charge is 0.311 e. The van der Waals surface area contributed by atoms with Crippen LogP contribution in [0.25, 0.3) is 38.3 Å². The maximum atomic E-state index is 11.4. The summed E-state index contributed by atoms with van der Waals surface area (Å²) in [5.74, 6) is 0. The number of para-hydroxylation sites is 5. The summed E-state index contributed by atoms with van der Waals surface area (Å²) < 4.78 is 393. The fourth-order valence-electron chi connectivity index (χ4n) is 10.1. The number of fused-ring (bicyclic) bond motifs is 10. The fourth-order valence-corrected chi connectivity index (χ4v) is 10.1. The quantitative estimate of drug-likeness (QED) is 0.148. The van der Waals surface area contributed by atoms with Gasteiger partial charge in [0.15, 0.2) is 0 Å². The van der Waals surface area contributed by atoms with Crippen LogP contribution in [0, 0.1) is 0 Å². The van der Waals surface area contributed by atoms with E-state index in [-0.39, 0.29) is 11.1 Å². The minimum atomic E-state index is -2.49. The van der Waals surface area contributed by atoms with Crippen LogP contribution in [0.5, 0.6) is 0 Å². The second-order valence-electron chi connectivity index (χ2n) is 20.3. The summed E-state index contributed by atoms with van der Waals surface area (Å²) in [5, 5.41) is -3.12. The van der Waals surface area contributed by atoms with Gasteiger partial charge >= 0.3 is 0 Å². The summed E-state index contributed by atoms with van der Waals surface area (Å²) in [7, 11) is 0. The molecule has 0 amide bonds. The standard InChI is InChI=1S/C72H58BN5/c1-71(2,3)48-34-38-52(39-35-48)74(53-40-36-49(37-41-53)72(4,5)6)54-42-43-59-65(44-54)76(61-31-17-21-47-20-13-14-26-56(47)61)66-45-55(75(50-22-9-7-10-23-50)51-24-11-8-12-25-51)46-67-68(66)73(59)60-29-19-33-64-70(60)78(67)63-32-18-28-58-57-27-15-16-30-62(57)77(64)69(58)63/h7-46H,1-6H3/i7D,8D,9D,10D,11D,12D,13D,14D,15D,16D,17D,18D,19D,20D,21D,22D,23D,24D,25D,26D,27D,28D,29D,30D,31D,32D,33D,34D,35D,36D,37D,38D,39D,40D,41D,42D,43D,44D,45D,46D. The predicted octanol–water partition coefficient (Wildman–Crippen LogP) is 17.9. The first-order valence-electron chi connectivity index (χ1n) is 44.2. The average molecular weight is 1040 g/mol. The second-order valence-corrected chi connectivity index (χ2v) is 20.3. The van der Waals surface area contributed by atoms with Crippen molar-refractivity contribution in [1.29, 1.82) is 0 Å². The third-order valence-corrected chi connectivity index (χ3v) is 13.6. The van der Waals surface area contributed by atoms with Crippen LogP contribution in [-0.2, 0) is 10.8 Å². The molecule has 0 atom stereocenters. The molecule has 4 heterocycles. The Balaban J connectivity index is 1.31. The zero-order valence-electron chi connectivity index (χ0n) is 81.8. The number of hydrogen-bond donors (Lipinski definition) is 0. The summed E-state index contributed by atoms with van der Waals surface area (Å²) in [5.41, 5.74) is -21.1. The van der Waals surface area contributed by atoms with Crippen LogP contribution < -0.4 is 36.0 Å². The van der Waals surface area contributed by atoms with Crippen molar-refractivity contribution in [2.45, 2.75) is 52.4 Å². The third kappa shape index (κ3) is 6.95. The first-order chi connectivity index (χ1) is 54.7. The Morgan fingerprint density at radius 3 is 1.51 bits per heavy atom. The van der Waals surface area contributed by atoms with Crippen LogP contribution >= 0.6 is 0 Å². The van der Waals surface area contributed by atoms with Gasteiger partial charge in [0.05, 0.1) is 94.3 Å². The van der Waals surface area contributed by atoms with E-state index in [2.05, 4.69) is 0 Å². The van der Waals surface area contributed by atoms with Gasteiger partial charge in [-0.25, -0.2) is 0 Å². The molecule has 374 valence electrons. The Hall–Kier alpha value is -9.26. The van der Waals surface area contributed by atoms with Gasteiger partial charge in [-0.05, 0) is 140 Å². The molecule has 11 aromatic carbocycles. The topological polar surface area (TPSA) is 17.9 Å². The van der Waals surface area contributed by atoms with Gasteiger partial charge in [-0.2, -0.15) is 0 Å². The van der Waals surface area contributed by atoms with Crippen LogP contribution in [0.3, 0.4) is 0 Å². The van der Waals surface area contributed by atoms with E-state index in [1.165, 1.54) is 41.5 Å². The highest BCUT2D eigenvalue weighted by molar-refractivity contribution is 7.00. The molecule has 78 heavy (non-hydrogen) atoms. The van der Waals surface area contributed by atoms with Crippen LogP contribution in [-0.4, -0.2) is 11.3 Å². The summed E-state index contributed by atoms with van der Waals surface area (Å²) in [6, 6.07) is -45.5. The molecule has 0 saturated carbocycles. The maximum Gasteiger partial charge on any atom is 0.252 e. The molecule has 3 aliphatic heterocycles. The van der Waals surface area contributed by atoms with Crippen molar-refractivity contribution in [1.82, 2.24) is 4.57 Å². The number of aromatic nitrogens is 1. The van der Waals surface area contributed by atoms with Crippen molar-refractivity contribution in [2.75, 3.05) is 19.6 Å². The average Bonchev–Trinajstić information content (AvgIpc) is 1.15. The van der Waals surface area contributed by atoms with E-state index in [0.29, 0.717) is 14.7 Å². The van der Waals surface area contributed by atoms with Gasteiger partial charge in [-0.1, -0.05) is 187 Å². The maximum absolute atomic E-state index is 11.4. The zero-order valence-corrected chi connectivity index (χ0v) is 41.8. The lowest BCUT2D eigenvalue weighted by molar-refractivity contribution is 0.590. The van der Waals surface area contributed by atoms with Crippen molar-refractivity contribution < 1.29 is 54.8 Å². The molecule has 1 aromatic heterocycles. The molecule has 0 unspecified atom stereocenters. The van der Waals surface area contributed by atoms with Gasteiger partial charge in [0, 0.05) is 61.7 Å². The SMILES string of the molecule is [2H]c1c([2H])c([2H])c(N(c2c([2H])c([2H])c([2H])c([2H])c2[2H])c2c([2H])c3c4c(c2[2H])N2c5c(c([2H])c([2H])c([2H])c5-n5c6c([2H])c([2H])c([2H])c([2H])c6c6c([2H])c([2H])c([2H])c2c65)B4c2c([2H])c([2H])c(N(c4c([2H])c([2H])c(C(C)(C)C)c([2H])c4[2H])c4c([2H])c([2H])c(C(C)(C)C)c([2H])c4[2H])c([2H])c2N3c2c([2H])c([2H])c([2H])c3c([2H])c([2H])c([2H])c([2H])c23)c([2H])c1[2H]. The Labute approximate surface area is 513 Å². The lowest BCUT2D eigenvalue weighted by atomic mass is 9.33. The first-order valence-corrected chi connectivity index (χ1v) is 24.2. The van der Waals surface area contributed by atoms with Crippen LogP contribution in [0.15, 0.2) is 242 Å². The molecular weight excluding hydrogens is 946 g/mol. The van der Waals surface area contributed by atoms with Crippen molar-refractivity contribution in [3.05, 3.63) is 253 Å². The Kier molecular flexibility index (Phi) is 4.60. The Bertz CT molecular complexity index is 6550. The van der Waals surface area contributed by atoms with Crippen molar-refractivity contribution >= 4 is 124 Å². The normalized spacial score (nSPS) is 20.4. The van der Waals surface area contributed by atoms with Gasteiger partial charge in [0.2, 0.25) is 0 Å². The molecule has 0 spiro atoms. The summed E-state index contributed by atoms with van der Waals surface area (Å²) >= 11 is 0. The van der Waals surface area contributed by atoms with Gasteiger partial charge in [-0.3, -0.25) is 0 Å². The van der Waals surface area contributed by atoms with Crippen LogP contribution in [0.1, 0.15) is 107 Å². The number of rotatable bonds is 7. The van der Waals surface area contributed by atoms with Gasteiger partial charge < -0.3 is 24.2 Å². The smallest absolute Gasteiger partial charge is 0.252 e. The van der Waals surface area contributed by atoms with E-state index in [9.17, 15) is 48.0 Å². The monoisotopic (exact) mass is 1040 g/mol. The molecule has 6 heteroatoms. The fraction of sp³-hybridized carbons (Fsp3) is 0.111. The number of nitrogens with zero attached hydrogens (tertiary/aromatic N) is 5. The lowest BCUT2D eigenvalue weighted by Crippen LogP contribution is -2.61. The van der Waals surface area contributed by atoms with Gasteiger partial charge in [-0.15, -0.1) is 0 Å². The van der Waals surface area contributed by atoms with Gasteiger partial charge in [0.1, 0.15) is 0 Å². The van der Waals surface area contributed by atoms with Gasteiger partial charge in [0.25, 0.3) is 6.71 Å². The molecule has 12 aromatic rings. The second kappa shape index (κ2) is 17.1. The van der Waals surface area contributed by atoms with Crippen molar-refractivity contribution in [3.8, 4) is 5.69 Å². The number of anilines is 12. The molecule has 0 radical (unpaired) electrons. The molecule has 0 N–H and O–H groups in total. The van der Waals surface area contributed by atoms with Crippen molar-refractivity contribution in [2.24, 2.45) is 0 Å². The predicted molar refractivity (Wildman–Crippen MR) is 333 cm³/mol.